The summed E-state index contributed by atoms with van der Waals surface area (Å²) >= 11 is 2.36. The Hall–Kier alpha value is -0.880. The van der Waals surface area contributed by atoms with E-state index in [1.165, 1.54) is 14.7 Å². The second kappa shape index (κ2) is 6.16. The molecule has 17 heavy (non-hydrogen) atoms. The lowest BCUT2D eigenvalue weighted by molar-refractivity contribution is 0.676. The van der Waals surface area contributed by atoms with E-state index in [2.05, 4.69) is 69.3 Å². The minimum atomic E-state index is 0.866. The van der Waals surface area contributed by atoms with E-state index in [-0.39, 0.29) is 0 Å². The van der Waals surface area contributed by atoms with Gasteiger partial charge >= 0.3 is 0 Å². The van der Waals surface area contributed by atoms with Crippen LogP contribution in [0.3, 0.4) is 0 Å². The number of aromatic nitrogens is 2. The van der Waals surface area contributed by atoms with Crippen molar-refractivity contribution in [3.63, 3.8) is 0 Å². The number of nitrogens with one attached hydrogen (secondary N) is 2. The molecule has 1 aromatic heterocycles. The molecular weight excluding hydrogens is 325 g/mol. The summed E-state index contributed by atoms with van der Waals surface area (Å²) in [6.45, 7) is 4.07. The molecule has 0 saturated carbocycles. The van der Waals surface area contributed by atoms with Crippen LogP contribution in [0.4, 0.5) is 0 Å². The van der Waals surface area contributed by atoms with Crippen LogP contribution in [-0.2, 0) is 6.54 Å². The van der Waals surface area contributed by atoms with Gasteiger partial charge in [-0.05, 0) is 41.6 Å². The number of H-pyrrole nitrogens is 1. The summed E-state index contributed by atoms with van der Waals surface area (Å²) in [6.07, 6.45) is 3.05. The summed E-state index contributed by atoms with van der Waals surface area (Å²) in [5.74, 6) is 0. The van der Waals surface area contributed by atoms with E-state index in [0.29, 0.717) is 0 Å². The molecule has 0 saturated heterocycles. The Kier molecular flexibility index (Phi) is 4.56. The standard InChI is InChI=1S/C13H16IN3/c1-2-7-15-8-10-9-16-17-13(10)11-5-3-4-6-12(11)14/h3-6,9,15H,2,7-8H2,1H3,(H,16,17). The van der Waals surface area contributed by atoms with E-state index in [0.717, 1.165) is 25.2 Å². The highest BCUT2D eigenvalue weighted by Crippen LogP contribution is 2.25. The van der Waals surface area contributed by atoms with E-state index >= 15 is 0 Å². The summed E-state index contributed by atoms with van der Waals surface area (Å²) in [7, 11) is 0. The van der Waals surface area contributed by atoms with Gasteiger partial charge in [0, 0.05) is 21.2 Å². The molecule has 0 aliphatic heterocycles. The zero-order valence-electron chi connectivity index (χ0n) is 9.83. The molecule has 0 aliphatic rings. The highest BCUT2D eigenvalue weighted by Gasteiger charge is 2.09. The minimum absolute atomic E-state index is 0.866. The third kappa shape index (κ3) is 3.07. The van der Waals surface area contributed by atoms with Crippen LogP contribution in [0.1, 0.15) is 18.9 Å². The fourth-order valence-electron chi connectivity index (χ4n) is 1.74. The SMILES string of the molecule is CCCNCc1cn[nH]c1-c1ccccc1I. The van der Waals surface area contributed by atoms with Crippen molar-refractivity contribution in [2.75, 3.05) is 6.54 Å². The molecule has 0 radical (unpaired) electrons. The number of rotatable bonds is 5. The van der Waals surface area contributed by atoms with E-state index in [1.807, 2.05) is 6.20 Å². The monoisotopic (exact) mass is 341 g/mol. The lowest BCUT2D eigenvalue weighted by Gasteiger charge is -2.06. The summed E-state index contributed by atoms with van der Waals surface area (Å²) in [5.41, 5.74) is 3.57. The average Bonchev–Trinajstić information content (AvgIpc) is 2.78. The fraction of sp³-hybridized carbons (Fsp3) is 0.308. The van der Waals surface area contributed by atoms with Crippen LogP contribution in [0, 0.1) is 3.57 Å². The minimum Gasteiger partial charge on any atom is -0.313 e. The van der Waals surface area contributed by atoms with Crippen molar-refractivity contribution in [3.05, 3.63) is 39.6 Å². The lowest BCUT2D eigenvalue weighted by atomic mass is 10.1. The molecular formula is C13H16IN3. The Balaban J connectivity index is 2.22. The van der Waals surface area contributed by atoms with Gasteiger partial charge in [0.15, 0.2) is 0 Å². The third-order valence-electron chi connectivity index (χ3n) is 2.60. The highest BCUT2D eigenvalue weighted by atomic mass is 127. The molecule has 0 spiro atoms. The first-order valence-electron chi connectivity index (χ1n) is 5.80. The molecule has 2 aromatic rings. The van der Waals surface area contributed by atoms with E-state index < -0.39 is 0 Å². The molecule has 4 heteroatoms. The molecule has 0 fully saturated rings. The Morgan fingerprint density at radius 3 is 2.94 bits per heavy atom. The summed E-state index contributed by atoms with van der Waals surface area (Å²) < 4.78 is 1.24. The van der Waals surface area contributed by atoms with Gasteiger partial charge in [0.25, 0.3) is 0 Å². The maximum Gasteiger partial charge on any atom is 0.0705 e. The summed E-state index contributed by atoms with van der Waals surface area (Å²) in [5, 5.41) is 10.6. The average molecular weight is 341 g/mol. The maximum absolute atomic E-state index is 4.15. The largest absolute Gasteiger partial charge is 0.313 e. The second-order valence-corrected chi connectivity index (χ2v) is 5.09. The van der Waals surface area contributed by atoms with Crippen LogP contribution in [0.15, 0.2) is 30.5 Å². The Morgan fingerprint density at radius 1 is 1.35 bits per heavy atom. The molecule has 0 aliphatic carbocycles. The van der Waals surface area contributed by atoms with Crippen molar-refractivity contribution in [3.8, 4) is 11.3 Å². The third-order valence-corrected chi connectivity index (χ3v) is 3.54. The van der Waals surface area contributed by atoms with Crippen LogP contribution in [0.2, 0.25) is 0 Å². The summed E-state index contributed by atoms with van der Waals surface area (Å²) in [4.78, 5) is 0. The predicted octanol–water partition coefficient (Wildman–Crippen LogP) is 3.18. The maximum atomic E-state index is 4.15. The van der Waals surface area contributed by atoms with Crippen LogP contribution < -0.4 is 5.32 Å². The zero-order chi connectivity index (χ0) is 12.1. The molecule has 0 amide bonds. The van der Waals surface area contributed by atoms with Gasteiger partial charge in [-0.15, -0.1) is 0 Å². The smallest absolute Gasteiger partial charge is 0.0705 e. The van der Waals surface area contributed by atoms with Crippen molar-refractivity contribution in [2.24, 2.45) is 0 Å². The first kappa shape index (κ1) is 12.6. The van der Waals surface area contributed by atoms with E-state index in [1.54, 1.807) is 0 Å². The van der Waals surface area contributed by atoms with Gasteiger partial charge in [0.1, 0.15) is 0 Å². The zero-order valence-corrected chi connectivity index (χ0v) is 12.0. The lowest BCUT2D eigenvalue weighted by Crippen LogP contribution is -2.13. The molecule has 2 rings (SSSR count). The first-order valence-corrected chi connectivity index (χ1v) is 6.88. The Morgan fingerprint density at radius 2 is 2.18 bits per heavy atom. The number of nitrogens with zero attached hydrogens (tertiary/aromatic N) is 1. The van der Waals surface area contributed by atoms with Crippen molar-refractivity contribution >= 4 is 22.6 Å². The number of benzene rings is 1. The normalized spacial score (nSPS) is 10.7. The van der Waals surface area contributed by atoms with Gasteiger partial charge in [-0.1, -0.05) is 25.1 Å². The van der Waals surface area contributed by atoms with Gasteiger partial charge in [-0.2, -0.15) is 5.10 Å². The van der Waals surface area contributed by atoms with E-state index in [4.69, 9.17) is 0 Å². The molecule has 90 valence electrons. The van der Waals surface area contributed by atoms with E-state index in [9.17, 15) is 0 Å². The highest BCUT2D eigenvalue weighted by molar-refractivity contribution is 14.1. The Labute approximate surface area is 115 Å². The number of hydrogen-bond acceptors (Lipinski definition) is 2. The molecule has 1 aromatic carbocycles. The molecule has 0 bridgehead atoms. The quantitative estimate of drug-likeness (QED) is 0.648. The van der Waals surface area contributed by atoms with Gasteiger partial charge < -0.3 is 5.32 Å². The van der Waals surface area contributed by atoms with Crippen LogP contribution in [-0.4, -0.2) is 16.7 Å². The van der Waals surface area contributed by atoms with Crippen LogP contribution >= 0.6 is 22.6 Å². The molecule has 3 nitrogen and oxygen atoms in total. The van der Waals surface area contributed by atoms with Gasteiger partial charge in [0.2, 0.25) is 0 Å². The van der Waals surface area contributed by atoms with Gasteiger partial charge in [-0.25, -0.2) is 0 Å². The topological polar surface area (TPSA) is 40.7 Å². The summed E-state index contributed by atoms with van der Waals surface area (Å²) in [6, 6.07) is 8.34. The molecule has 2 N–H and O–H groups in total. The van der Waals surface area contributed by atoms with Crippen molar-refractivity contribution < 1.29 is 0 Å². The van der Waals surface area contributed by atoms with Crippen molar-refractivity contribution in [2.45, 2.75) is 19.9 Å². The number of hydrogen-bond donors (Lipinski definition) is 2. The van der Waals surface area contributed by atoms with Crippen LogP contribution in [0.25, 0.3) is 11.3 Å². The van der Waals surface area contributed by atoms with Crippen LogP contribution in [0.5, 0.6) is 0 Å². The first-order chi connectivity index (χ1) is 8.33. The van der Waals surface area contributed by atoms with Crippen molar-refractivity contribution in [1.82, 2.24) is 15.5 Å². The van der Waals surface area contributed by atoms with Gasteiger partial charge in [0.05, 0.1) is 11.9 Å². The second-order valence-electron chi connectivity index (χ2n) is 3.93. The number of aromatic amines is 1. The fourth-order valence-corrected chi connectivity index (χ4v) is 2.40. The molecule has 0 unspecified atom stereocenters. The van der Waals surface area contributed by atoms with Crippen molar-refractivity contribution in [1.29, 1.82) is 0 Å². The molecule has 1 heterocycles. The van der Waals surface area contributed by atoms with Gasteiger partial charge in [-0.3, -0.25) is 5.10 Å². The predicted molar refractivity (Wildman–Crippen MR) is 78.7 cm³/mol. The molecule has 0 atom stereocenters. The number of halogens is 1. The Bertz CT molecular complexity index is 479.